The van der Waals surface area contributed by atoms with Crippen LogP contribution in [-0.2, 0) is 184 Å². The Morgan fingerprint density at radius 3 is 0.944 bits per heavy atom. The number of nitrogens with zero attached hydrogens (tertiary/aromatic N) is 13. The van der Waals surface area contributed by atoms with Crippen molar-refractivity contribution < 1.29 is 130 Å². The van der Waals surface area contributed by atoms with Crippen LogP contribution in [0.25, 0.3) is 11.2 Å². The minimum Gasteiger partial charge on any atom is -0.780 e. The number of rotatable bonds is 40. The van der Waals surface area contributed by atoms with Crippen LogP contribution >= 0.6 is 47.1 Å². The molecule has 0 bridgehead atoms. The Hall–Kier alpha value is -6.17. The first-order valence-electron chi connectivity index (χ1n) is 42.5. The molecule has 7 aliphatic rings. The van der Waals surface area contributed by atoms with Crippen LogP contribution < -0.4 is 103 Å². The molecular weight excluding hydrogens is 2170 g/mol. The van der Waals surface area contributed by atoms with Crippen molar-refractivity contribution in [1.29, 1.82) is 0 Å². The number of nitrogens with one attached hydrogen (secondary N) is 3. The number of imidazole rings is 1. The standard InChI is InChI=1S/C71H97N20O37P7S7/c1-30-16-85(66(95)79-58(30)72)50-9-37(36(7)115-50)122-130(102,137)109-23-45-41(13-54(119-45)89-20-34(5)64(93)83-70(89)99)126-133(105,140)112-26-48-42(14-55(120-48)90-21-35(6)65(94)84-71(90)100)127-132(104,139)111-24-46-40(12-52(117-46)87-18-32(3)60(74)81-68(87)97)125-134(106,141)114-27-49-43(15-56(121-49)91-29-78-57-61(75)76-28-77-62(57)91)128-135(107,142)113-25-47-39(11-51(118-47)86-17-31(2)59(73)80-67(86)96)124-131(103,138)110-22-44-38(123-129(101,136)108-8)10-53(116-44)88-19-33(4)63(92)82-69(88)98/h16-21,28-29,36-56H,9-15,22-27H2,1-8H3,(H,101,136)(H,102,137)(H,103,138)(H,104,139)(H,105,140)(H,106,141)(H,107,142)(H2,72,79,95)(H2,73,80,96)(H2,74,81,97)(H2,75,76,77)(H,82,92,98)(H,83,93,99)(H,84,94,100)/p-7/t36-,37-,38-,39-,40-,41-,42-,43-,44-,45-,46-,47-,48-,49-,50-,51-,52-,53-,54-,55-,56-,129?,130?,131?,132?,133?,134?,135?/m1/s1. The fourth-order valence-electron chi connectivity index (χ4n) is 16.1. The average Bonchev–Trinajstić information content (AvgIpc) is 1.62. The maximum Gasteiger partial charge on any atom is 0.351 e. The molecule has 11 N–H and O–H groups in total. The highest BCUT2D eigenvalue weighted by molar-refractivity contribution is 8.32. The van der Waals surface area contributed by atoms with Crippen molar-refractivity contribution in [3.8, 4) is 0 Å². The van der Waals surface area contributed by atoms with Crippen molar-refractivity contribution in [3.05, 3.63) is 177 Å². The number of aromatic amines is 3. The highest BCUT2D eigenvalue weighted by Gasteiger charge is 2.49. The number of fused-ring (bicyclic) bond motifs is 1. The van der Waals surface area contributed by atoms with Gasteiger partial charge in [0.1, 0.15) is 150 Å². The van der Waals surface area contributed by atoms with Gasteiger partial charge in [0, 0.05) is 123 Å². The summed E-state index contributed by atoms with van der Waals surface area (Å²) in [5, 5.41) is 0. The van der Waals surface area contributed by atoms with E-state index in [9.17, 15) is 77.1 Å². The fraction of sp³-hybridized carbons (Fsp3) is 0.592. The Morgan fingerprint density at radius 1 is 0.366 bits per heavy atom. The van der Waals surface area contributed by atoms with E-state index in [4.69, 9.17) is 203 Å². The Morgan fingerprint density at radius 2 is 0.627 bits per heavy atom. The zero-order chi connectivity index (χ0) is 103. The van der Waals surface area contributed by atoms with E-state index in [1.165, 1.54) is 81.1 Å². The Balaban J connectivity index is 0.634. The van der Waals surface area contributed by atoms with Gasteiger partial charge in [-0.2, -0.15) is 15.0 Å². The van der Waals surface area contributed by atoms with Crippen molar-refractivity contribution in [1.82, 2.24) is 76.8 Å². The Labute approximate surface area is 835 Å². The summed E-state index contributed by atoms with van der Waals surface area (Å²) in [7, 11) is 1.02. The van der Waals surface area contributed by atoms with Crippen LogP contribution in [0, 0.1) is 41.5 Å². The fourth-order valence-corrected chi connectivity index (χ4v) is 25.8. The minimum absolute atomic E-state index is 0.00558. The quantitative estimate of drug-likeness (QED) is 0.0149. The lowest BCUT2D eigenvalue weighted by Gasteiger charge is -2.36. The van der Waals surface area contributed by atoms with Crippen molar-refractivity contribution in [2.24, 2.45) is 0 Å². The van der Waals surface area contributed by atoms with Crippen molar-refractivity contribution in [2.45, 2.75) is 222 Å². The lowest BCUT2D eigenvalue weighted by molar-refractivity contribution is -0.221. The topological polar surface area (TPSA) is 766 Å². The number of nitrogens with two attached hydrogens (primary N) is 4. The third-order valence-corrected chi connectivity index (χ3v) is 34.5. The number of ether oxygens (including phenoxy) is 7. The van der Waals surface area contributed by atoms with Gasteiger partial charge < -0.3 is 161 Å². The number of anilines is 4. The predicted molar refractivity (Wildman–Crippen MR) is 504 cm³/mol. The first kappa shape index (κ1) is 110. The summed E-state index contributed by atoms with van der Waals surface area (Å²) in [6, 6.07) is 0. The van der Waals surface area contributed by atoms with Gasteiger partial charge in [-0.15, -0.1) is 0 Å². The summed E-state index contributed by atoms with van der Waals surface area (Å²) in [4.78, 5) is 234. The third kappa shape index (κ3) is 26.4. The van der Waals surface area contributed by atoms with E-state index in [1.54, 1.807) is 13.8 Å². The van der Waals surface area contributed by atoms with E-state index in [0.29, 0.717) is 11.1 Å². The molecule has 15 rings (SSSR count). The predicted octanol–water partition coefficient (Wildman–Crippen LogP) is -2.93. The molecule has 8 aromatic rings. The van der Waals surface area contributed by atoms with Crippen LogP contribution in [0.3, 0.4) is 0 Å². The van der Waals surface area contributed by atoms with E-state index in [-0.39, 0.29) is 82.4 Å². The van der Waals surface area contributed by atoms with E-state index >= 15 is 0 Å². The molecule has 0 saturated carbocycles. The number of hydrogen-bond acceptors (Lipinski definition) is 54. The van der Waals surface area contributed by atoms with E-state index < -0.39 is 286 Å². The van der Waals surface area contributed by atoms with Gasteiger partial charge in [0.25, 0.3) is 16.7 Å². The zero-order valence-corrected chi connectivity index (χ0v) is 87.1. The molecule has 7 unspecified atom stereocenters. The molecule has 7 aliphatic heterocycles. The molecule has 57 nitrogen and oxygen atoms in total. The first-order chi connectivity index (χ1) is 66.5. The average molecular weight is 2260 g/mol. The van der Waals surface area contributed by atoms with E-state index in [2.05, 4.69) is 44.9 Å². The molecule has 71 heteroatoms. The lowest BCUT2D eigenvalue weighted by atomic mass is 10.2. The summed E-state index contributed by atoms with van der Waals surface area (Å²) in [6.07, 6.45) is -21.6. The number of aryl methyl sites for hydroxylation is 6. The Kier molecular flexibility index (Phi) is 34.2. The van der Waals surface area contributed by atoms with Crippen LogP contribution in [0.2, 0.25) is 0 Å². The second-order valence-corrected chi connectivity index (χ2v) is 52.4. The molecule has 0 amide bonds. The zero-order valence-electron chi connectivity index (χ0n) is 75.2. The SMILES string of the molecule is COP([O-])(=S)O[C@@H]1C[C@H](n2cc(C)c(=O)[nH]c2=O)O[C@@H]1COP([O-])(=S)O[C@@H]1C[C@H](n2cc(C)c(N)nc2=O)O[C@@H]1COP([O-])(=S)O[C@@H]1C[C@H](n2cnc3c(N)ncnc32)O[C@@H]1COP([O-])(=S)O[C@@H]1C[C@H](n2cc(C)c(N)nc2=O)O[C@@H]1COP([O-])(=S)O[C@@H]1C[C@H](n2cc(C)c(=O)[nH]c2=O)O[C@@H]1COP(=O)([S-])O[C@@H]1C[C@H](n2cc(C)c(=O)[nH]c2=O)O[C@@H]1COP([O-])(=S)O[C@@H]1C[C@H](n2cc(C)c(N)nc2=O)O[C@@H]1C. The van der Waals surface area contributed by atoms with E-state index in [1.807, 2.05) is 0 Å². The van der Waals surface area contributed by atoms with Gasteiger partial charge >= 0.3 is 34.1 Å². The van der Waals surface area contributed by atoms with Crippen molar-refractivity contribution >= 4 is 165 Å². The number of aromatic nitrogens is 16. The van der Waals surface area contributed by atoms with E-state index in [0.717, 1.165) is 42.5 Å². The van der Waals surface area contributed by atoms with Crippen molar-refractivity contribution in [2.75, 3.05) is 69.7 Å². The third-order valence-electron chi connectivity index (χ3n) is 23.4. The molecule has 0 radical (unpaired) electrons. The minimum atomic E-state index is -5.05. The summed E-state index contributed by atoms with van der Waals surface area (Å²) in [6.45, 7) is -28.5. The second-order valence-electron chi connectivity index (χ2n) is 33.3. The summed E-state index contributed by atoms with van der Waals surface area (Å²) >= 11 is 37.8. The van der Waals surface area contributed by atoms with Gasteiger partial charge in [-0.25, -0.2) is 43.7 Å². The highest BCUT2D eigenvalue weighted by Crippen LogP contribution is 2.57. The van der Waals surface area contributed by atoms with Gasteiger partial charge in [0.15, 0.2) is 18.3 Å². The smallest absolute Gasteiger partial charge is 0.351 e. The molecule has 7 saturated heterocycles. The summed E-state index contributed by atoms with van der Waals surface area (Å²) in [5.41, 5.74) is 17.7. The molecular formula is C71H90N20O37P7S7-7. The summed E-state index contributed by atoms with van der Waals surface area (Å²) < 4.78 is 147. The number of H-pyrrole nitrogens is 3. The Bertz CT molecular complexity index is 7080. The highest BCUT2D eigenvalue weighted by atomic mass is 32.7. The lowest BCUT2D eigenvalue weighted by Crippen LogP contribution is -2.34. The molecule has 8 aromatic heterocycles. The normalized spacial score (nSPS) is 29.9. The van der Waals surface area contributed by atoms with Gasteiger partial charge in [-0.1, -0.05) is 70.8 Å². The van der Waals surface area contributed by atoms with Crippen molar-refractivity contribution in [3.63, 3.8) is 0 Å². The summed E-state index contributed by atoms with van der Waals surface area (Å²) in [5.74, 6) is -0.352. The largest absolute Gasteiger partial charge is 0.780 e. The monoisotopic (exact) mass is 2260 g/mol. The molecule has 28 atom stereocenters. The molecule has 0 spiro atoms. The van der Waals surface area contributed by atoms with Crippen LogP contribution in [0.4, 0.5) is 23.3 Å². The second kappa shape index (κ2) is 44.2. The van der Waals surface area contributed by atoms with Crippen LogP contribution in [-0.4, -0.2) is 209 Å². The molecule has 0 aromatic carbocycles. The molecule has 780 valence electrons. The molecule has 7 fully saturated rings. The maximum absolute atomic E-state index is 15.0. The molecule has 0 aliphatic carbocycles. The first-order valence-corrected chi connectivity index (χ1v) is 60.4. The van der Waals surface area contributed by atoms with Gasteiger partial charge in [0.05, 0.1) is 94.8 Å². The van der Waals surface area contributed by atoms with Crippen LogP contribution in [0.15, 0.2) is 93.0 Å². The number of hydrogen-bond donors (Lipinski definition) is 7. The molecule has 15 heterocycles. The van der Waals surface area contributed by atoms with Gasteiger partial charge in [-0.05, 0) is 48.5 Å². The molecule has 142 heavy (non-hydrogen) atoms. The van der Waals surface area contributed by atoms with Gasteiger partial charge in [0.2, 0.25) is 0 Å². The maximum atomic E-state index is 15.0. The number of nitrogen functional groups attached to an aromatic ring is 4. The van der Waals surface area contributed by atoms with Crippen LogP contribution in [0.5, 0.6) is 0 Å². The van der Waals surface area contributed by atoms with Gasteiger partial charge in [-0.3, -0.25) is 65.9 Å². The van der Waals surface area contributed by atoms with Crippen LogP contribution in [0.1, 0.15) is 129 Å².